The topological polar surface area (TPSA) is 129 Å². The summed E-state index contributed by atoms with van der Waals surface area (Å²) in [6, 6.07) is 22.3. The van der Waals surface area contributed by atoms with Crippen molar-refractivity contribution >= 4 is 17.4 Å². The van der Waals surface area contributed by atoms with Gasteiger partial charge in [-0.15, -0.1) is 0 Å². The molecule has 0 bridgehead atoms. The Bertz CT molecular complexity index is 1340. The van der Waals surface area contributed by atoms with Gasteiger partial charge in [0.1, 0.15) is 0 Å². The van der Waals surface area contributed by atoms with Crippen molar-refractivity contribution in [3.8, 4) is 0 Å². The number of nitrogens with one attached hydrogen (secondary N) is 2. The standard InChI is InChI=1S/C32H39N5O6/c1-2-33-32(39)34-20-23-3-9-26(10-4-23)31-42-29(19-30(43-31)25-7-5-24(22-38)6-8-25)21-35-15-17-36(18-16-35)27-11-13-28(14-12-27)37(40)41/h3-14,29-31,38H,2,15-22H2,1H3,(H2,33,34,39)/t29-,30+,31+/m0/s1. The van der Waals surface area contributed by atoms with Gasteiger partial charge in [-0.3, -0.25) is 15.0 Å². The number of nitro benzene ring substituents is 1. The van der Waals surface area contributed by atoms with Gasteiger partial charge in [-0.2, -0.15) is 0 Å². The lowest BCUT2D eigenvalue weighted by molar-refractivity contribution is -0.384. The van der Waals surface area contributed by atoms with Crippen LogP contribution in [0.15, 0.2) is 72.8 Å². The third-order valence-corrected chi connectivity index (χ3v) is 7.92. The number of piperazine rings is 1. The Morgan fingerprint density at radius 1 is 0.907 bits per heavy atom. The van der Waals surface area contributed by atoms with E-state index in [1.165, 1.54) is 0 Å². The number of amides is 2. The fourth-order valence-electron chi connectivity index (χ4n) is 5.49. The number of aliphatic hydroxyl groups is 1. The SMILES string of the molecule is CCNC(=O)NCc1ccc([C@@H]2O[C@H](CN3CCN(c4ccc([N+](=O)[O-])cc4)CC3)C[C@H](c3ccc(CO)cc3)O2)cc1. The van der Waals surface area contributed by atoms with Crippen LogP contribution in [0.1, 0.15) is 48.0 Å². The van der Waals surface area contributed by atoms with E-state index in [2.05, 4.69) is 20.4 Å². The molecule has 11 nitrogen and oxygen atoms in total. The molecule has 5 rings (SSSR count). The molecule has 3 aromatic carbocycles. The van der Waals surface area contributed by atoms with Crippen molar-refractivity contribution in [3.63, 3.8) is 0 Å². The van der Waals surface area contributed by atoms with Crippen molar-refractivity contribution in [2.24, 2.45) is 0 Å². The van der Waals surface area contributed by atoms with Gasteiger partial charge in [0.25, 0.3) is 5.69 Å². The van der Waals surface area contributed by atoms with Gasteiger partial charge in [0.05, 0.1) is 23.7 Å². The summed E-state index contributed by atoms with van der Waals surface area (Å²) in [7, 11) is 0. The Balaban J connectivity index is 1.23. The number of carbonyl (C=O) groups excluding carboxylic acids is 1. The zero-order valence-corrected chi connectivity index (χ0v) is 24.4. The van der Waals surface area contributed by atoms with Gasteiger partial charge in [0.2, 0.25) is 0 Å². The van der Waals surface area contributed by atoms with Crippen LogP contribution in [0, 0.1) is 10.1 Å². The first kappa shape index (κ1) is 30.4. The smallest absolute Gasteiger partial charge is 0.315 e. The van der Waals surface area contributed by atoms with E-state index < -0.39 is 6.29 Å². The fourth-order valence-corrected chi connectivity index (χ4v) is 5.49. The Kier molecular flexibility index (Phi) is 10.2. The second kappa shape index (κ2) is 14.4. The van der Waals surface area contributed by atoms with Crippen molar-refractivity contribution in [2.45, 2.75) is 45.0 Å². The first-order chi connectivity index (χ1) is 20.9. The highest BCUT2D eigenvalue weighted by atomic mass is 16.7. The van der Waals surface area contributed by atoms with Crippen molar-refractivity contribution in [2.75, 3.05) is 44.2 Å². The zero-order valence-electron chi connectivity index (χ0n) is 24.4. The van der Waals surface area contributed by atoms with Crippen molar-refractivity contribution in [1.82, 2.24) is 15.5 Å². The number of aliphatic hydroxyl groups excluding tert-OH is 1. The lowest BCUT2D eigenvalue weighted by atomic mass is 9.99. The van der Waals surface area contributed by atoms with Gasteiger partial charge in [-0.05, 0) is 35.7 Å². The molecule has 3 atom stereocenters. The highest BCUT2D eigenvalue weighted by Gasteiger charge is 2.34. The molecule has 2 aliphatic heterocycles. The largest absolute Gasteiger partial charge is 0.392 e. The summed E-state index contributed by atoms with van der Waals surface area (Å²) in [5, 5.41) is 26.1. The monoisotopic (exact) mass is 589 g/mol. The summed E-state index contributed by atoms with van der Waals surface area (Å²) in [5.74, 6) is 0. The fraction of sp³-hybridized carbons (Fsp3) is 0.406. The molecule has 0 saturated carbocycles. The molecule has 2 aliphatic rings. The number of anilines is 1. The van der Waals surface area contributed by atoms with Crippen molar-refractivity contribution in [1.29, 1.82) is 0 Å². The Hall–Kier alpha value is -4.03. The molecule has 228 valence electrons. The van der Waals surface area contributed by atoms with Gasteiger partial charge in [-0.25, -0.2) is 4.79 Å². The molecule has 2 fully saturated rings. The number of hydrogen-bond donors (Lipinski definition) is 3. The normalized spacial score (nSPS) is 20.9. The molecule has 3 N–H and O–H groups in total. The summed E-state index contributed by atoms with van der Waals surface area (Å²) < 4.78 is 13.0. The first-order valence-corrected chi connectivity index (χ1v) is 14.7. The third kappa shape index (κ3) is 8.08. The number of urea groups is 1. The van der Waals surface area contributed by atoms with Crippen LogP contribution in [-0.4, -0.2) is 66.3 Å². The summed E-state index contributed by atoms with van der Waals surface area (Å²) in [6.45, 7) is 6.97. The van der Waals surface area contributed by atoms with E-state index >= 15 is 0 Å². The molecule has 43 heavy (non-hydrogen) atoms. The van der Waals surface area contributed by atoms with E-state index in [9.17, 15) is 20.0 Å². The minimum Gasteiger partial charge on any atom is -0.392 e. The molecule has 2 saturated heterocycles. The highest BCUT2D eigenvalue weighted by molar-refractivity contribution is 5.73. The summed E-state index contributed by atoms with van der Waals surface area (Å²) >= 11 is 0. The molecular weight excluding hydrogens is 550 g/mol. The van der Waals surface area contributed by atoms with E-state index in [0.717, 1.165) is 60.7 Å². The van der Waals surface area contributed by atoms with E-state index in [4.69, 9.17) is 9.47 Å². The molecule has 11 heteroatoms. The zero-order chi connectivity index (χ0) is 30.2. The minimum atomic E-state index is -0.548. The van der Waals surface area contributed by atoms with Crippen LogP contribution in [0.4, 0.5) is 16.2 Å². The van der Waals surface area contributed by atoms with Crippen LogP contribution in [0.25, 0.3) is 0 Å². The number of benzene rings is 3. The number of rotatable bonds is 10. The summed E-state index contributed by atoms with van der Waals surface area (Å²) in [5.41, 5.74) is 4.87. The predicted octanol–water partition coefficient (Wildman–Crippen LogP) is 4.27. The van der Waals surface area contributed by atoms with Gasteiger partial charge in [0.15, 0.2) is 6.29 Å². The van der Waals surface area contributed by atoms with E-state index in [1.54, 1.807) is 12.1 Å². The molecule has 3 aromatic rings. The molecule has 0 spiro atoms. The Labute approximate surface area is 251 Å². The van der Waals surface area contributed by atoms with Gasteiger partial charge < -0.3 is 30.1 Å². The van der Waals surface area contributed by atoms with Gasteiger partial charge >= 0.3 is 6.03 Å². The number of ether oxygens (including phenoxy) is 2. The third-order valence-electron chi connectivity index (χ3n) is 7.92. The number of hydrogen-bond acceptors (Lipinski definition) is 8. The summed E-state index contributed by atoms with van der Waals surface area (Å²) in [4.78, 5) is 27.0. The van der Waals surface area contributed by atoms with E-state index in [0.29, 0.717) is 19.5 Å². The highest BCUT2D eigenvalue weighted by Crippen LogP contribution is 2.38. The maximum atomic E-state index is 11.8. The maximum Gasteiger partial charge on any atom is 0.315 e. The predicted molar refractivity (Wildman–Crippen MR) is 163 cm³/mol. The van der Waals surface area contributed by atoms with E-state index in [-0.39, 0.29) is 35.5 Å². The quantitative estimate of drug-likeness (QED) is 0.236. The number of non-ortho nitro benzene ring substituents is 1. The molecule has 0 radical (unpaired) electrons. The van der Waals surface area contributed by atoms with Crippen LogP contribution in [-0.2, 0) is 22.6 Å². The molecule has 0 aromatic heterocycles. The van der Waals surface area contributed by atoms with Gasteiger partial charge in [-0.1, -0.05) is 48.5 Å². The van der Waals surface area contributed by atoms with Gasteiger partial charge in [0, 0.05) is 75.6 Å². The van der Waals surface area contributed by atoms with Crippen LogP contribution >= 0.6 is 0 Å². The molecule has 2 amide bonds. The lowest BCUT2D eigenvalue weighted by Crippen LogP contribution is -2.49. The second-order valence-electron chi connectivity index (χ2n) is 10.9. The molecule has 2 heterocycles. The number of nitro groups is 1. The number of carbonyl (C=O) groups is 1. The first-order valence-electron chi connectivity index (χ1n) is 14.7. The van der Waals surface area contributed by atoms with E-state index in [1.807, 2.05) is 67.6 Å². The minimum absolute atomic E-state index is 0.00662. The van der Waals surface area contributed by atoms with Crippen molar-refractivity contribution in [3.05, 3.63) is 105 Å². The van der Waals surface area contributed by atoms with Crippen LogP contribution in [0.2, 0.25) is 0 Å². The van der Waals surface area contributed by atoms with Crippen LogP contribution < -0.4 is 15.5 Å². The average Bonchev–Trinajstić information content (AvgIpc) is 3.04. The Morgan fingerprint density at radius 2 is 1.56 bits per heavy atom. The van der Waals surface area contributed by atoms with Crippen LogP contribution in [0.3, 0.4) is 0 Å². The van der Waals surface area contributed by atoms with Crippen molar-refractivity contribution < 1.29 is 24.3 Å². The molecule has 0 unspecified atom stereocenters. The molecule has 0 aliphatic carbocycles. The number of nitrogens with zero attached hydrogens (tertiary/aromatic N) is 3. The summed E-state index contributed by atoms with van der Waals surface area (Å²) in [6.07, 6.45) is -0.0807. The average molecular weight is 590 g/mol. The molecular formula is C32H39N5O6. The van der Waals surface area contributed by atoms with Crippen LogP contribution in [0.5, 0.6) is 0 Å². The Morgan fingerprint density at radius 3 is 2.19 bits per heavy atom. The lowest BCUT2D eigenvalue weighted by Gasteiger charge is -2.41. The second-order valence-corrected chi connectivity index (χ2v) is 10.9. The maximum absolute atomic E-state index is 11.8.